The van der Waals surface area contributed by atoms with Gasteiger partial charge in [-0.15, -0.1) is 10.2 Å². The fraction of sp³-hybridized carbons (Fsp3) is 0.481. The zero-order valence-electron chi connectivity index (χ0n) is 20.1. The maximum Gasteiger partial charge on any atom is 0.253 e. The van der Waals surface area contributed by atoms with E-state index < -0.39 is 17.7 Å². The van der Waals surface area contributed by atoms with Crippen LogP contribution in [-0.2, 0) is 7.05 Å². The minimum absolute atomic E-state index is 0.105. The number of benzene rings is 1. The number of alkyl halides is 1. The second-order valence-electron chi connectivity index (χ2n) is 10.5. The number of halogens is 2. The summed E-state index contributed by atoms with van der Waals surface area (Å²) < 4.78 is 30.4. The zero-order chi connectivity index (χ0) is 25.0. The van der Waals surface area contributed by atoms with Crippen molar-refractivity contribution < 1.29 is 13.9 Å². The van der Waals surface area contributed by atoms with Crippen LogP contribution in [0.1, 0.15) is 44.9 Å². The molecule has 0 unspecified atom stereocenters. The summed E-state index contributed by atoms with van der Waals surface area (Å²) in [6, 6.07) is 7.39. The van der Waals surface area contributed by atoms with Gasteiger partial charge in [0.15, 0.2) is 17.6 Å². The van der Waals surface area contributed by atoms with E-state index in [1.165, 1.54) is 31.7 Å². The number of nitrogens with zero attached hydrogens (tertiary/aromatic N) is 5. The quantitative estimate of drug-likeness (QED) is 0.522. The SMILES string of the molecule is Cn1c(F)cc(-c2ccc(-c3ncc(N(C4CC4)[C@@H]4C[C@H]5CCC[C@H](C5)[C@@H]4F)nn3)c(O)c2)cc1=O. The zero-order valence-corrected chi connectivity index (χ0v) is 20.1. The molecule has 36 heavy (non-hydrogen) atoms. The lowest BCUT2D eigenvalue weighted by Crippen LogP contribution is -2.52. The molecule has 3 saturated carbocycles. The van der Waals surface area contributed by atoms with Gasteiger partial charge < -0.3 is 10.0 Å². The van der Waals surface area contributed by atoms with Crippen LogP contribution in [0.3, 0.4) is 0 Å². The van der Waals surface area contributed by atoms with Crippen LogP contribution in [-0.4, -0.2) is 43.1 Å². The fourth-order valence-corrected chi connectivity index (χ4v) is 6.05. The Labute approximate surface area is 207 Å². The summed E-state index contributed by atoms with van der Waals surface area (Å²) >= 11 is 0. The van der Waals surface area contributed by atoms with E-state index >= 15 is 4.39 Å². The Bertz CT molecular complexity index is 1340. The second kappa shape index (κ2) is 8.94. The Hall–Kier alpha value is -3.36. The number of anilines is 1. The summed E-state index contributed by atoms with van der Waals surface area (Å²) in [7, 11) is 1.36. The molecule has 3 fully saturated rings. The molecule has 0 spiro atoms. The minimum atomic E-state index is -0.861. The highest BCUT2D eigenvalue weighted by Gasteiger charge is 2.46. The fourth-order valence-electron chi connectivity index (χ4n) is 6.05. The van der Waals surface area contributed by atoms with Crippen LogP contribution in [0.25, 0.3) is 22.5 Å². The Kier molecular flexibility index (Phi) is 5.73. The van der Waals surface area contributed by atoms with E-state index in [4.69, 9.17) is 0 Å². The van der Waals surface area contributed by atoms with Crippen LogP contribution in [0.5, 0.6) is 5.75 Å². The standard InChI is InChI=1S/C27H29F2N5O2/c1-33-23(28)12-18(13-25(33)36)16-5-8-20(22(35)11-16)27-30-14-24(31-32-27)34(19-6-7-19)21-10-15-3-2-4-17(9-15)26(21)29/h5,8,11-15,17,19,21,26,35H,2-4,6-7,9-10H2,1H3/t15-,17+,21+,26-/m0/s1. The third-order valence-corrected chi connectivity index (χ3v) is 8.10. The Morgan fingerprint density at radius 3 is 2.58 bits per heavy atom. The van der Waals surface area contributed by atoms with E-state index in [1.807, 2.05) is 0 Å². The van der Waals surface area contributed by atoms with Crippen LogP contribution in [0.4, 0.5) is 14.6 Å². The molecule has 0 aliphatic heterocycles. The van der Waals surface area contributed by atoms with Crippen molar-refractivity contribution in [2.45, 2.75) is 63.2 Å². The van der Waals surface area contributed by atoms with Crippen molar-refractivity contribution in [3.8, 4) is 28.3 Å². The van der Waals surface area contributed by atoms with E-state index in [0.29, 0.717) is 28.4 Å². The van der Waals surface area contributed by atoms with Crippen molar-refractivity contribution in [1.82, 2.24) is 19.7 Å². The van der Waals surface area contributed by atoms with Crippen LogP contribution < -0.4 is 10.5 Å². The first-order valence-corrected chi connectivity index (χ1v) is 12.7. The van der Waals surface area contributed by atoms with Crippen molar-refractivity contribution in [2.75, 3.05) is 4.90 Å². The van der Waals surface area contributed by atoms with Gasteiger partial charge in [0.1, 0.15) is 11.9 Å². The van der Waals surface area contributed by atoms with Crippen molar-refractivity contribution >= 4 is 5.82 Å². The first-order valence-electron chi connectivity index (χ1n) is 12.7. The topological polar surface area (TPSA) is 84.1 Å². The summed E-state index contributed by atoms with van der Waals surface area (Å²) in [4.78, 5) is 18.5. The predicted octanol–water partition coefficient (Wildman–Crippen LogP) is 4.63. The van der Waals surface area contributed by atoms with Crippen LogP contribution in [0.2, 0.25) is 0 Å². The van der Waals surface area contributed by atoms with Crippen molar-refractivity contribution in [2.24, 2.45) is 18.9 Å². The summed E-state index contributed by atoms with van der Waals surface area (Å²) in [5.74, 6) is 0.771. The molecule has 1 N–H and O–H groups in total. The summed E-state index contributed by atoms with van der Waals surface area (Å²) in [5, 5.41) is 19.4. The molecule has 0 radical (unpaired) electrons. The van der Waals surface area contributed by atoms with Gasteiger partial charge in [-0.25, -0.2) is 9.37 Å². The molecule has 188 valence electrons. The Balaban J connectivity index is 1.26. The molecule has 2 heterocycles. The van der Waals surface area contributed by atoms with Crippen molar-refractivity contribution in [3.05, 3.63) is 52.8 Å². The maximum absolute atomic E-state index is 15.5. The average Bonchev–Trinajstić information content (AvgIpc) is 3.71. The lowest BCUT2D eigenvalue weighted by atomic mass is 9.69. The average molecular weight is 494 g/mol. The molecule has 0 amide bonds. The van der Waals surface area contributed by atoms with Crippen LogP contribution in [0, 0.1) is 17.8 Å². The molecular formula is C27H29F2N5O2. The van der Waals surface area contributed by atoms with Gasteiger partial charge in [0.2, 0.25) is 0 Å². The second-order valence-corrected chi connectivity index (χ2v) is 10.5. The van der Waals surface area contributed by atoms with E-state index in [9.17, 15) is 14.3 Å². The third kappa shape index (κ3) is 4.14. The normalized spacial score (nSPS) is 25.5. The van der Waals surface area contributed by atoms with Gasteiger partial charge in [-0.3, -0.25) is 9.36 Å². The van der Waals surface area contributed by atoms with Gasteiger partial charge in [0, 0.05) is 19.2 Å². The van der Waals surface area contributed by atoms with Gasteiger partial charge in [-0.1, -0.05) is 18.9 Å². The summed E-state index contributed by atoms with van der Waals surface area (Å²) in [6.45, 7) is 0. The highest BCUT2D eigenvalue weighted by atomic mass is 19.1. The van der Waals surface area contributed by atoms with Crippen LogP contribution in [0.15, 0.2) is 41.3 Å². The summed E-state index contributed by atoms with van der Waals surface area (Å²) in [6.07, 6.45) is 7.93. The number of aromatic hydroxyl groups is 1. The van der Waals surface area contributed by atoms with E-state index in [-0.39, 0.29) is 29.6 Å². The number of hydrogen-bond acceptors (Lipinski definition) is 6. The smallest absolute Gasteiger partial charge is 0.253 e. The molecule has 3 aromatic rings. The number of phenols is 1. The van der Waals surface area contributed by atoms with Crippen LogP contribution >= 0.6 is 0 Å². The molecule has 7 nitrogen and oxygen atoms in total. The lowest BCUT2D eigenvalue weighted by Gasteiger charge is -2.46. The monoisotopic (exact) mass is 493 g/mol. The van der Waals surface area contributed by atoms with Gasteiger partial charge in [-0.2, -0.15) is 4.39 Å². The Morgan fingerprint density at radius 2 is 1.89 bits per heavy atom. The number of hydrogen-bond donors (Lipinski definition) is 1. The Morgan fingerprint density at radius 1 is 1.06 bits per heavy atom. The van der Waals surface area contributed by atoms with E-state index in [2.05, 4.69) is 20.1 Å². The number of phenolic OH excluding ortho intramolecular Hbond substituents is 1. The lowest BCUT2D eigenvalue weighted by molar-refractivity contribution is 0.0631. The molecule has 3 aliphatic carbocycles. The molecule has 6 rings (SSSR count). The van der Waals surface area contributed by atoms with Crippen molar-refractivity contribution in [1.29, 1.82) is 0 Å². The predicted molar refractivity (Wildman–Crippen MR) is 132 cm³/mol. The number of pyridine rings is 1. The van der Waals surface area contributed by atoms with Gasteiger partial charge in [0.05, 0.1) is 17.8 Å². The first kappa shape index (κ1) is 23.1. The highest BCUT2D eigenvalue weighted by molar-refractivity contribution is 5.72. The molecule has 9 heteroatoms. The van der Waals surface area contributed by atoms with Gasteiger partial charge in [0.25, 0.3) is 5.56 Å². The van der Waals surface area contributed by atoms with E-state index in [1.54, 1.807) is 18.3 Å². The van der Waals surface area contributed by atoms with Crippen molar-refractivity contribution in [3.63, 3.8) is 0 Å². The first-order chi connectivity index (χ1) is 17.4. The van der Waals surface area contributed by atoms with E-state index in [0.717, 1.165) is 43.1 Å². The number of aromatic nitrogens is 4. The number of rotatable bonds is 5. The van der Waals surface area contributed by atoms with Gasteiger partial charge in [-0.05, 0) is 73.3 Å². The highest BCUT2D eigenvalue weighted by Crippen LogP contribution is 2.46. The molecule has 2 bridgehead atoms. The van der Waals surface area contributed by atoms with Gasteiger partial charge >= 0.3 is 0 Å². The molecule has 0 saturated heterocycles. The third-order valence-electron chi connectivity index (χ3n) is 8.10. The maximum atomic E-state index is 15.5. The molecule has 1 aromatic carbocycles. The minimum Gasteiger partial charge on any atom is -0.507 e. The molecular weight excluding hydrogens is 464 g/mol. The summed E-state index contributed by atoms with van der Waals surface area (Å²) in [5.41, 5.74) is 0.753. The molecule has 2 aromatic heterocycles. The molecule has 3 aliphatic rings. The largest absolute Gasteiger partial charge is 0.507 e. The number of fused-ring (bicyclic) bond motifs is 2. The molecule has 4 atom stereocenters.